The number of nitrogens with zero attached hydrogens (tertiary/aromatic N) is 4. The van der Waals surface area contributed by atoms with Gasteiger partial charge in [0.25, 0.3) is 0 Å². The molecule has 0 aliphatic rings. The second-order valence-corrected chi connectivity index (χ2v) is 6.31. The van der Waals surface area contributed by atoms with E-state index < -0.39 is 0 Å². The summed E-state index contributed by atoms with van der Waals surface area (Å²) in [5.41, 5.74) is 3.57. The maximum atomic E-state index is 13.8. The fourth-order valence-electron chi connectivity index (χ4n) is 2.66. The van der Waals surface area contributed by atoms with Gasteiger partial charge in [0.1, 0.15) is 18.5 Å². The summed E-state index contributed by atoms with van der Waals surface area (Å²) in [4.78, 5) is 8.19. The third-order valence-electron chi connectivity index (χ3n) is 4.35. The van der Waals surface area contributed by atoms with Gasteiger partial charge in [-0.3, -0.25) is 4.99 Å². The van der Waals surface area contributed by atoms with Crippen molar-refractivity contribution in [1.82, 2.24) is 25.4 Å². The van der Waals surface area contributed by atoms with Crippen LogP contribution < -0.4 is 10.6 Å². The molecule has 1 unspecified atom stereocenters. The van der Waals surface area contributed by atoms with Gasteiger partial charge in [-0.2, -0.15) is 5.10 Å². The van der Waals surface area contributed by atoms with Crippen molar-refractivity contribution in [2.45, 2.75) is 26.4 Å². The van der Waals surface area contributed by atoms with Crippen molar-refractivity contribution in [3.63, 3.8) is 0 Å². The molecule has 27 heavy (non-hydrogen) atoms. The molecule has 2 aromatic carbocycles. The van der Waals surface area contributed by atoms with Crippen molar-refractivity contribution in [1.29, 1.82) is 0 Å². The summed E-state index contributed by atoms with van der Waals surface area (Å²) in [5, 5.41) is 10.7. The molecule has 6 nitrogen and oxygen atoms in total. The van der Waals surface area contributed by atoms with Crippen LogP contribution in [0.5, 0.6) is 0 Å². The number of hydrogen-bond acceptors (Lipinski definition) is 3. The van der Waals surface area contributed by atoms with E-state index in [1.165, 1.54) is 6.33 Å². The molecule has 2 N–H and O–H groups in total. The number of nitrogens with one attached hydrogen (secondary N) is 2. The number of benzene rings is 2. The summed E-state index contributed by atoms with van der Waals surface area (Å²) < 4.78 is 15.5. The molecule has 0 saturated heterocycles. The van der Waals surface area contributed by atoms with Gasteiger partial charge < -0.3 is 10.6 Å². The molecule has 0 aliphatic heterocycles. The van der Waals surface area contributed by atoms with E-state index >= 15 is 0 Å². The molecule has 0 amide bonds. The van der Waals surface area contributed by atoms with Gasteiger partial charge in [-0.15, -0.1) is 0 Å². The highest BCUT2D eigenvalue weighted by molar-refractivity contribution is 5.80. The topological polar surface area (TPSA) is 67.1 Å². The zero-order valence-corrected chi connectivity index (χ0v) is 15.6. The molecule has 1 aromatic heterocycles. The average Bonchev–Trinajstić information content (AvgIpc) is 3.22. The predicted octanol–water partition coefficient (Wildman–Crippen LogP) is 3.14. The molecule has 0 fully saturated rings. The first-order valence-electron chi connectivity index (χ1n) is 8.74. The molecular formula is C20H23FN6. The van der Waals surface area contributed by atoms with Crippen molar-refractivity contribution in [2.24, 2.45) is 4.99 Å². The Balaban J connectivity index is 1.58. The predicted molar refractivity (Wildman–Crippen MR) is 104 cm³/mol. The maximum absolute atomic E-state index is 13.8. The van der Waals surface area contributed by atoms with Gasteiger partial charge in [-0.1, -0.05) is 24.3 Å². The molecule has 3 aromatic rings. The highest BCUT2D eigenvalue weighted by Gasteiger charge is 2.10. The smallest absolute Gasteiger partial charge is 0.191 e. The first-order valence-corrected chi connectivity index (χ1v) is 8.74. The largest absolute Gasteiger partial charge is 0.352 e. The number of guanidine groups is 1. The number of aliphatic imine (C=N–C) groups is 1. The molecule has 0 aliphatic carbocycles. The van der Waals surface area contributed by atoms with Gasteiger partial charge in [0.05, 0.1) is 11.7 Å². The molecule has 1 atom stereocenters. The quantitative estimate of drug-likeness (QED) is 0.538. The van der Waals surface area contributed by atoms with E-state index in [1.54, 1.807) is 37.1 Å². The molecule has 0 saturated carbocycles. The Kier molecular flexibility index (Phi) is 5.80. The van der Waals surface area contributed by atoms with Crippen LogP contribution >= 0.6 is 0 Å². The number of hydrogen-bond donors (Lipinski definition) is 2. The van der Waals surface area contributed by atoms with Gasteiger partial charge in [-0.05, 0) is 48.7 Å². The highest BCUT2D eigenvalue weighted by atomic mass is 19.1. The van der Waals surface area contributed by atoms with Crippen LogP contribution in [-0.2, 0) is 6.54 Å². The van der Waals surface area contributed by atoms with Gasteiger partial charge in [-0.25, -0.2) is 14.1 Å². The SMILES string of the molecule is CN=C(NCc1ccc(-n2cncn2)cc1)NC(C)c1ccc(C)c(F)c1. The van der Waals surface area contributed by atoms with E-state index in [0.717, 1.165) is 16.8 Å². The Morgan fingerprint density at radius 1 is 1.22 bits per heavy atom. The first kappa shape index (κ1) is 18.6. The van der Waals surface area contributed by atoms with Crippen molar-refractivity contribution < 1.29 is 4.39 Å². The minimum Gasteiger partial charge on any atom is -0.352 e. The summed E-state index contributed by atoms with van der Waals surface area (Å²) in [7, 11) is 1.71. The third-order valence-corrected chi connectivity index (χ3v) is 4.35. The Labute approximate surface area is 158 Å². The summed E-state index contributed by atoms with van der Waals surface area (Å²) in [6.07, 6.45) is 3.17. The molecule has 0 bridgehead atoms. The maximum Gasteiger partial charge on any atom is 0.191 e. The lowest BCUT2D eigenvalue weighted by molar-refractivity contribution is 0.607. The van der Waals surface area contributed by atoms with Crippen molar-refractivity contribution in [2.75, 3.05) is 7.05 Å². The lowest BCUT2D eigenvalue weighted by Crippen LogP contribution is -2.38. The van der Waals surface area contributed by atoms with Crippen LogP contribution in [0.15, 0.2) is 60.1 Å². The number of aryl methyl sites for hydroxylation is 1. The fourth-order valence-corrected chi connectivity index (χ4v) is 2.66. The highest BCUT2D eigenvalue weighted by Crippen LogP contribution is 2.16. The van der Waals surface area contributed by atoms with E-state index in [9.17, 15) is 4.39 Å². The zero-order chi connectivity index (χ0) is 19.2. The van der Waals surface area contributed by atoms with E-state index in [0.29, 0.717) is 18.1 Å². The van der Waals surface area contributed by atoms with Crippen LogP contribution in [0.4, 0.5) is 4.39 Å². The van der Waals surface area contributed by atoms with Crippen LogP contribution in [0.25, 0.3) is 5.69 Å². The number of halogens is 1. The Hall–Kier alpha value is -3.22. The standard InChI is InChI=1S/C20H23FN6/c1-14-4-7-17(10-19(14)21)15(2)26-20(22-3)24-11-16-5-8-18(9-6-16)27-13-23-12-25-27/h4-10,12-13,15H,11H2,1-3H3,(H2,22,24,26). The zero-order valence-electron chi connectivity index (χ0n) is 15.6. The van der Waals surface area contributed by atoms with Gasteiger partial charge in [0.15, 0.2) is 5.96 Å². The van der Waals surface area contributed by atoms with E-state index in [2.05, 4.69) is 25.7 Å². The molecule has 0 radical (unpaired) electrons. The molecule has 1 heterocycles. The summed E-state index contributed by atoms with van der Waals surface area (Å²) in [5.74, 6) is 0.459. The lowest BCUT2D eigenvalue weighted by Gasteiger charge is -2.19. The Morgan fingerprint density at radius 2 is 2.00 bits per heavy atom. The van der Waals surface area contributed by atoms with Crippen LogP contribution in [0.3, 0.4) is 0 Å². The first-order chi connectivity index (χ1) is 13.1. The van der Waals surface area contributed by atoms with Crippen LogP contribution in [0.2, 0.25) is 0 Å². The van der Waals surface area contributed by atoms with E-state index in [1.807, 2.05) is 37.3 Å². The van der Waals surface area contributed by atoms with E-state index in [4.69, 9.17) is 0 Å². The third kappa shape index (κ3) is 4.69. The second kappa shape index (κ2) is 8.44. The van der Waals surface area contributed by atoms with Crippen LogP contribution in [0, 0.1) is 12.7 Å². The molecule has 7 heteroatoms. The normalized spacial score (nSPS) is 12.7. The minimum absolute atomic E-state index is 0.0685. The minimum atomic E-state index is -0.198. The van der Waals surface area contributed by atoms with Gasteiger partial charge >= 0.3 is 0 Å². The Bertz CT molecular complexity index is 903. The second-order valence-electron chi connectivity index (χ2n) is 6.31. The van der Waals surface area contributed by atoms with Crippen LogP contribution in [0.1, 0.15) is 29.7 Å². The monoisotopic (exact) mass is 366 g/mol. The van der Waals surface area contributed by atoms with Crippen molar-refractivity contribution in [3.8, 4) is 5.69 Å². The summed E-state index contributed by atoms with van der Waals surface area (Å²) in [6, 6.07) is 13.2. The molecular weight excluding hydrogens is 343 g/mol. The van der Waals surface area contributed by atoms with Crippen molar-refractivity contribution >= 4 is 5.96 Å². The fraction of sp³-hybridized carbons (Fsp3) is 0.250. The number of rotatable bonds is 5. The van der Waals surface area contributed by atoms with Crippen molar-refractivity contribution in [3.05, 3.63) is 77.6 Å². The van der Waals surface area contributed by atoms with E-state index in [-0.39, 0.29) is 11.9 Å². The Morgan fingerprint density at radius 3 is 2.63 bits per heavy atom. The average molecular weight is 366 g/mol. The lowest BCUT2D eigenvalue weighted by atomic mass is 10.1. The summed E-state index contributed by atoms with van der Waals surface area (Å²) >= 11 is 0. The van der Waals surface area contributed by atoms with Crippen LogP contribution in [-0.4, -0.2) is 27.8 Å². The molecule has 0 spiro atoms. The molecule has 3 rings (SSSR count). The molecule has 140 valence electrons. The van der Waals surface area contributed by atoms with Gasteiger partial charge in [0, 0.05) is 13.6 Å². The van der Waals surface area contributed by atoms with Gasteiger partial charge in [0.2, 0.25) is 0 Å². The number of aromatic nitrogens is 3. The summed E-state index contributed by atoms with van der Waals surface area (Å²) in [6.45, 7) is 4.35.